The average Bonchev–Trinajstić information content (AvgIpc) is 2.76. The third-order valence-electron chi connectivity index (χ3n) is 4.85. The summed E-state index contributed by atoms with van der Waals surface area (Å²) in [5.74, 6) is -0.199. The van der Waals surface area contributed by atoms with Gasteiger partial charge in [-0.3, -0.25) is 4.79 Å². The minimum atomic E-state index is -0.674. The van der Waals surface area contributed by atoms with Gasteiger partial charge in [0.15, 0.2) is 0 Å². The number of para-hydroxylation sites is 1. The first-order valence-electron chi connectivity index (χ1n) is 10.1. The van der Waals surface area contributed by atoms with E-state index in [9.17, 15) is 9.59 Å². The Morgan fingerprint density at radius 3 is 2.07 bits per heavy atom. The van der Waals surface area contributed by atoms with Crippen LogP contribution in [0.5, 0.6) is 0 Å². The first-order valence-corrected chi connectivity index (χ1v) is 10.1. The van der Waals surface area contributed by atoms with E-state index in [1.165, 1.54) is 0 Å². The van der Waals surface area contributed by atoms with Gasteiger partial charge in [0.05, 0.1) is 0 Å². The lowest BCUT2D eigenvalue weighted by Gasteiger charge is -2.19. The fourth-order valence-electron chi connectivity index (χ4n) is 3.19. The molecule has 3 aromatic rings. The zero-order valence-electron chi connectivity index (χ0n) is 17.1. The maximum Gasteiger partial charge on any atom is 0.319 e. The predicted octanol–water partition coefficient (Wildman–Crippen LogP) is 4.09. The second kappa shape index (κ2) is 10.8. The number of nitrogens with one attached hydrogen (secondary N) is 3. The molecule has 0 saturated heterocycles. The van der Waals surface area contributed by atoms with Crippen molar-refractivity contribution in [1.82, 2.24) is 10.6 Å². The molecule has 0 aromatic heterocycles. The van der Waals surface area contributed by atoms with E-state index in [0.29, 0.717) is 13.0 Å². The quantitative estimate of drug-likeness (QED) is 0.532. The van der Waals surface area contributed by atoms with E-state index in [2.05, 4.69) is 16.0 Å². The molecule has 5 heteroatoms. The van der Waals surface area contributed by atoms with Crippen LogP contribution in [-0.2, 0) is 17.6 Å². The maximum atomic E-state index is 12.8. The number of hydrogen-bond donors (Lipinski definition) is 3. The summed E-state index contributed by atoms with van der Waals surface area (Å²) in [6.45, 7) is 2.43. The summed E-state index contributed by atoms with van der Waals surface area (Å²) < 4.78 is 0. The molecule has 0 heterocycles. The smallest absolute Gasteiger partial charge is 0.319 e. The van der Waals surface area contributed by atoms with Gasteiger partial charge in [0.2, 0.25) is 5.91 Å². The molecule has 30 heavy (non-hydrogen) atoms. The number of carbonyl (C=O) groups excluding carboxylic acids is 2. The van der Waals surface area contributed by atoms with Gasteiger partial charge in [-0.25, -0.2) is 4.79 Å². The van der Waals surface area contributed by atoms with Gasteiger partial charge in [-0.05, 0) is 36.1 Å². The second-order valence-electron chi connectivity index (χ2n) is 7.18. The van der Waals surface area contributed by atoms with Gasteiger partial charge in [-0.1, -0.05) is 78.9 Å². The summed E-state index contributed by atoms with van der Waals surface area (Å²) in [6, 6.07) is 26.1. The van der Waals surface area contributed by atoms with E-state index < -0.39 is 12.1 Å². The molecule has 0 aliphatic heterocycles. The Labute approximate surface area is 177 Å². The molecule has 1 unspecified atom stereocenters. The third-order valence-corrected chi connectivity index (χ3v) is 4.85. The summed E-state index contributed by atoms with van der Waals surface area (Å²) in [5, 5.41) is 8.61. The SMILES string of the molecule is Cc1ccccc1NC(=O)NC(Cc1ccccc1)C(=O)NCCc1ccccc1. The number of aryl methyl sites for hydroxylation is 1. The van der Waals surface area contributed by atoms with Crippen molar-refractivity contribution in [1.29, 1.82) is 0 Å². The monoisotopic (exact) mass is 401 g/mol. The number of rotatable bonds is 8. The Morgan fingerprint density at radius 1 is 0.800 bits per heavy atom. The Bertz CT molecular complexity index is 958. The van der Waals surface area contributed by atoms with Gasteiger partial charge >= 0.3 is 6.03 Å². The maximum absolute atomic E-state index is 12.8. The molecule has 0 aliphatic rings. The van der Waals surface area contributed by atoms with Crippen molar-refractivity contribution in [3.05, 3.63) is 102 Å². The number of amides is 3. The summed E-state index contributed by atoms with van der Waals surface area (Å²) in [5.41, 5.74) is 3.82. The highest BCUT2D eigenvalue weighted by atomic mass is 16.2. The van der Waals surface area contributed by atoms with E-state index in [1.807, 2.05) is 91.9 Å². The second-order valence-corrected chi connectivity index (χ2v) is 7.18. The van der Waals surface area contributed by atoms with E-state index in [1.54, 1.807) is 0 Å². The Hall–Kier alpha value is -3.60. The standard InChI is InChI=1S/C25H27N3O2/c1-19-10-8-9-15-22(19)27-25(30)28-23(18-21-13-6-3-7-14-21)24(29)26-17-16-20-11-4-2-5-12-20/h2-15,23H,16-18H2,1H3,(H,26,29)(H2,27,28,30). The van der Waals surface area contributed by atoms with Crippen LogP contribution in [0.3, 0.4) is 0 Å². The molecule has 0 bridgehead atoms. The van der Waals surface area contributed by atoms with E-state index in [-0.39, 0.29) is 5.91 Å². The van der Waals surface area contributed by atoms with Crippen molar-refractivity contribution in [3.8, 4) is 0 Å². The average molecular weight is 402 g/mol. The van der Waals surface area contributed by atoms with Gasteiger partial charge in [-0.2, -0.15) is 0 Å². The Kier molecular flexibility index (Phi) is 7.61. The molecular formula is C25H27N3O2. The summed E-state index contributed by atoms with van der Waals surface area (Å²) >= 11 is 0. The lowest BCUT2D eigenvalue weighted by atomic mass is 10.1. The molecule has 154 valence electrons. The highest BCUT2D eigenvalue weighted by Crippen LogP contribution is 2.13. The zero-order valence-corrected chi connectivity index (χ0v) is 17.1. The third kappa shape index (κ3) is 6.48. The number of carbonyl (C=O) groups is 2. The van der Waals surface area contributed by atoms with Crippen LogP contribution in [0.4, 0.5) is 10.5 Å². The molecule has 5 nitrogen and oxygen atoms in total. The van der Waals surface area contributed by atoms with Crippen molar-refractivity contribution < 1.29 is 9.59 Å². The van der Waals surface area contributed by atoms with Crippen molar-refractivity contribution in [2.24, 2.45) is 0 Å². The fraction of sp³-hybridized carbons (Fsp3) is 0.200. The topological polar surface area (TPSA) is 70.2 Å². The van der Waals surface area contributed by atoms with Crippen molar-refractivity contribution in [2.45, 2.75) is 25.8 Å². The van der Waals surface area contributed by atoms with Crippen LogP contribution in [-0.4, -0.2) is 24.5 Å². The highest BCUT2D eigenvalue weighted by Gasteiger charge is 2.21. The van der Waals surface area contributed by atoms with Crippen LogP contribution in [0.1, 0.15) is 16.7 Å². The van der Waals surface area contributed by atoms with Crippen LogP contribution >= 0.6 is 0 Å². The van der Waals surface area contributed by atoms with E-state index in [4.69, 9.17) is 0 Å². The minimum absolute atomic E-state index is 0.199. The molecule has 1 atom stereocenters. The van der Waals surface area contributed by atoms with Gasteiger partial charge in [0, 0.05) is 18.7 Å². The normalized spacial score (nSPS) is 11.4. The van der Waals surface area contributed by atoms with Gasteiger partial charge in [-0.15, -0.1) is 0 Å². The number of hydrogen-bond acceptors (Lipinski definition) is 2. The first-order chi connectivity index (χ1) is 14.6. The molecule has 3 N–H and O–H groups in total. The lowest BCUT2D eigenvalue weighted by molar-refractivity contribution is -0.122. The summed E-state index contributed by atoms with van der Waals surface area (Å²) in [4.78, 5) is 25.4. The molecule has 0 spiro atoms. The molecule has 0 aliphatic carbocycles. The van der Waals surface area contributed by atoms with Crippen LogP contribution in [0.25, 0.3) is 0 Å². The lowest BCUT2D eigenvalue weighted by Crippen LogP contribution is -2.49. The summed E-state index contributed by atoms with van der Waals surface area (Å²) in [6.07, 6.45) is 1.15. The number of anilines is 1. The van der Waals surface area contributed by atoms with E-state index >= 15 is 0 Å². The highest BCUT2D eigenvalue weighted by molar-refractivity contribution is 5.94. The molecule has 3 aromatic carbocycles. The Morgan fingerprint density at radius 2 is 1.40 bits per heavy atom. The van der Waals surface area contributed by atoms with Crippen molar-refractivity contribution >= 4 is 17.6 Å². The molecule has 0 saturated carbocycles. The van der Waals surface area contributed by atoms with Crippen LogP contribution < -0.4 is 16.0 Å². The van der Waals surface area contributed by atoms with Gasteiger partial charge < -0.3 is 16.0 Å². The number of benzene rings is 3. The van der Waals surface area contributed by atoms with Crippen LogP contribution in [0.15, 0.2) is 84.9 Å². The molecular weight excluding hydrogens is 374 g/mol. The van der Waals surface area contributed by atoms with Crippen molar-refractivity contribution in [3.63, 3.8) is 0 Å². The van der Waals surface area contributed by atoms with Gasteiger partial charge in [0.25, 0.3) is 0 Å². The van der Waals surface area contributed by atoms with E-state index in [0.717, 1.165) is 28.8 Å². The van der Waals surface area contributed by atoms with Crippen molar-refractivity contribution in [2.75, 3.05) is 11.9 Å². The number of urea groups is 1. The fourth-order valence-corrected chi connectivity index (χ4v) is 3.19. The molecule has 0 radical (unpaired) electrons. The van der Waals surface area contributed by atoms with Crippen LogP contribution in [0.2, 0.25) is 0 Å². The Balaban J connectivity index is 1.62. The molecule has 3 amide bonds. The first kappa shape index (κ1) is 21.1. The minimum Gasteiger partial charge on any atom is -0.354 e. The summed E-state index contributed by atoms with van der Waals surface area (Å²) in [7, 11) is 0. The largest absolute Gasteiger partial charge is 0.354 e. The zero-order chi connectivity index (χ0) is 21.2. The van der Waals surface area contributed by atoms with Crippen LogP contribution in [0, 0.1) is 6.92 Å². The molecule has 0 fully saturated rings. The predicted molar refractivity (Wildman–Crippen MR) is 120 cm³/mol. The molecule has 3 rings (SSSR count). The van der Waals surface area contributed by atoms with Gasteiger partial charge in [0.1, 0.15) is 6.04 Å².